The predicted octanol–water partition coefficient (Wildman–Crippen LogP) is 0.912. The number of allylic oxidation sites excluding steroid dienone is 2. The Bertz CT molecular complexity index is 285. The van der Waals surface area contributed by atoms with Crippen LogP contribution in [0.25, 0.3) is 5.70 Å². The summed E-state index contributed by atoms with van der Waals surface area (Å²) in [4.78, 5) is 14.6. The van der Waals surface area contributed by atoms with Gasteiger partial charge in [-0.3, -0.25) is 4.79 Å². The summed E-state index contributed by atoms with van der Waals surface area (Å²) in [5, 5.41) is 0. The van der Waals surface area contributed by atoms with Crippen molar-refractivity contribution in [3.63, 3.8) is 0 Å². The molecule has 3 heteroatoms. The zero-order valence-electron chi connectivity index (χ0n) is 5.90. The molecule has 0 fully saturated rings. The molecule has 1 rings (SSSR count). The van der Waals surface area contributed by atoms with Crippen LogP contribution in [0, 0.1) is 6.58 Å². The van der Waals surface area contributed by atoms with Gasteiger partial charge in [0.1, 0.15) is 0 Å². The molecular weight excluding hydrogens is 140 g/mol. The van der Waals surface area contributed by atoms with Gasteiger partial charge in [-0.2, -0.15) is 0 Å². The third-order valence-corrected chi connectivity index (χ3v) is 1.22. The quantitative estimate of drug-likeness (QED) is 0.595. The molecule has 1 radical (unpaired) electrons. The molecule has 0 unspecified atom stereocenters. The van der Waals surface area contributed by atoms with Gasteiger partial charge in [0.15, 0.2) is 0 Å². The number of hydrogen-bond acceptors (Lipinski definition) is 2. The Morgan fingerprint density at radius 3 is 2.91 bits per heavy atom. The van der Waals surface area contributed by atoms with Gasteiger partial charge in [0.25, 0.3) is 0 Å². The van der Waals surface area contributed by atoms with Gasteiger partial charge in [-0.1, -0.05) is 6.58 Å². The first kappa shape index (κ1) is 7.47. The van der Waals surface area contributed by atoms with Crippen LogP contribution >= 0.6 is 0 Å². The van der Waals surface area contributed by atoms with Crippen LogP contribution in [0.4, 0.5) is 0 Å². The van der Waals surface area contributed by atoms with Gasteiger partial charge in [-0.15, -0.1) is 0 Å². The molecule has 0 aliphatic heterocycles. The van der Waals surface area contributed by atoms with Crippen LogP contribution in [0.15, 0.2) is 31.4 Å². The third-order valence-electron chi connectivity index (χ3n) is 1.22. The van der Waals surface area contributed by atoms with Crippen molar-refractivity contribution < 1.29 is 4.79 Å². The summed E-state index contributed by atoms with van der Waals surface area (Å²) in [5.74, 6) is -0.303. The standard InChI is InChI=1S/C8H7N2O/c1-3-8(11)7(2)10-5-4-9-6-10/h2-6H,1H2. The maximum Gasteiger partial charge on any atom is 0.201 e. The predicted molar refractivity (Wildman–Crippen MR) is 41.4 cm³/mol. The lowest BCUT2D eigenvalue weighted by Crippen LogP contribution is -2.02. The number of carbonyl (C=O) groups is 1. The van der Waals surface area contributed by atoms with Crippen LogP contribution in [-0.4, -0.2) is 15.3 Å². The summed E-state index contributed by atoms with van der Waals surface area (Å²) in [7, 11) is 0. The number of carbonyl (C=O) groups excluding carboxylic acids is 1. The summed E-state index contributed by atoms with van der Waals surface area (Å²) in [6.07, 6.45) is 5.76. The number of ketones is 1. The monoisotopic (exact) mass is 147 g/mol. The lowest BCUT2D eigenvalue weighted by Gasteiger charge is -1.99. The fourth-order valence-corrected chi connectivity index (χ4v) is 0.633. The number of rotatable bonds is 3. The Hall–Kier alpha value is -1.64. The minimum atomic E-state index is -0.303. The van der Waals surface area contributed by atoms with Gasteiger partial charge in [-0.25, -0.2) is 4.98 Å². The summed E-state index contributed by atoms with van der Waals surface area (Å²) in [6.45, 7) is 8.72. The highest BCUT2D eigenvalue weighted by atomic mass is 16.1. The first-order valence-corrected chi connectivity index (χ1v) is 3.03. The van der Waals surface area contributed by atoms with Crippen molar-refractivity contribution in [2.45, 2.75) is 0 Å². The number of aromatic nitrogens is 2. The average Bonchev–Trinajstić information content (AvgIpc) is 2.53. The highest BCUT2D eigenvalue weighted by Crippen LogP contribution is 2.01. The van der Waals surface area contributed by atoms with Crippen molar-refractivity contribution >= 4 is 11.5 Å². The molecule has 0 aliphatic carbocycles. The van der Waals surface area contributed by atoms with Crippen molar-refractivity contribution in [3.05, 3.63) is 38.0 Å². The molecule has 0 atom stereocenters. The van der Waals surface area contributed by atoms with Crippen molar-refractivity contribution in [1.82, 2.24) is 9.55 Å². The zero-order valence-corrected chi connectivity index (χ0v) is 5.90. The minimum absolute atomic E-state index is 0.109. The molecule has 0 bridgehead atoms. The normalized spacial score (nSPS) is 9.09. The van der Waals surface area contributed by atoms with E-state index in [0.29, 0.717) is 0 Å². The second-order valence-electron chi connectivity index (χ2n) is 1.92. The Kier molecular flexibility index (Phi) is 2.01. The Labute approximate surface area is 64.7 Å². The summed E-state index contributed by atoms with van der Waals surface area (Å²) in [5.41, 5.74) is 0.109. The number of nitrogens with zero attached hydrogens (tertiary/aromatic N) is 2. The lowest BCUT2D eigenvalue weighted by atomic mass is 10.3. The van der Waals surface area contributed by atoms with Crippen LogP contribution in [0.1, 0.15) is 0 Å². The first-order valence-electron chi connectivity index (χ1n) is 3.03. The summed E-state index contributed by atoms with van der Waals surface area (Å²) in [6, 6.07) is 0. The zero-order chi connectivity index (χ0) is 8.27. The molecular formula is C8H7N2O. The fraction of sp³-hybridized carbons (Fsp3) is 0. The fourth-order valence-electron chi connectivity index (χ4n) is 0.633. The topological polar surface area (TPSA) is 34.9 Å². The van der Waals surface area contributed by atoms with E-state index in [9.17, 15) is 4.79 Å². The van der Waals surface area contributed by atoms with Crippen molar-refractivity contribution in [2.75, 3.05) is 0 Å². The van der Waals surface area contributed by atoms with E-state index in [1.807, 2.05) is 0 Å². The molecule has 0 aliphatic rings. The molecule has 0 saturated carbocycles. The smallest absolute Gasteiger partial charge is 0.201 e. The molecule has 0 spiro atoms. The average molecular weight is 147 g/mol. The molecule has 1 aromatic heterocycles. The molecule has 0 amide bonds. The Balaban J connectivity index is 2.87. The Morgan fingerprint density at radius 1 is 1.73 bits per heavy atom. The van der Waals surface area contributed by atoms with Gasteiger partial charge in [0, 0.05) is 12.4 Å². The van der Waals surface area contributed by atoms with E-state index < -0.39 is 0 Å². The second-order valence-corrected chi connectivity index (χ2v) is 1.92. The van der Waals surface area contributed by atoms with Crippen molar-refractivity contribution in [3.8, 4) is 0 Å². The van der Waals surface area contributed by atoms with E-state index in [1.165, 1.54) is 10.9 Å². The van der Waals surface area contributed by atoms with Gasteiger partial charge >= 0.3 is 0 Å². The Morgan fingerprint density at radius 2 is 2.45 bits per heavy atom. The van der Waals surface area contributed by atoms with Crippen molar-refractivity contribution in [1.29, 1.82) is 0 Å². The van der Waals surface area contributed by atoms with E-state index in [2.05, 4.69) is 11.6 Å². The van der Waals surface area contributed by atoms with E-state index in [-0.39, 0.29) is 11.5 Å². The van der Waals surface area contributed by atoms with Gasteiger partial charge in [0.05, 0.1) is 12.0 Å². The minimum Gasteiger partial charge on any atom is -0.303 e. The maximum absolute atomic E-state index is 10.9. The van der Waals surface area contributed by atoms with E-state index in [1.54, 1.807) is 12.4 Å². The third kappa shape index (κ3) is 1.43. The highest BCUT2D eigenvalue weighted by Gasteiger charge is 2.02. The van der Waals surface area contributed by atoms with Crippen LogP contribution in [-0.2, 0) is 4.79 Å². The molecule has 55 valence electrons. The van der Waals surface area contributed by atoms with E-state index in [0.717, 1.165) is 6.08 Å². The number of hydrogen-bond donors (Lipinski definition) is 0. The van der Waals surface area contributed by atoms with Gasteiger partial charge in [-0.05, 0) is 12.7 Å². The molecule has 3 nitrogen and oxygen atoms in total. The molecule has 1 aromatic rings. The van der Waals surface area contributed by atoms with Gasteiger partial charge < -0.3 is 4.57 Å². The van der Waals surface area contributed by atoms with Crippen LogP contribution < -0.4 is 0 Å². The van der Waals surface area contributed by atoms with Crippen LogP contribution in [0.5, 0.6) is 0 Å². The molecule has 1 heterocycles. The lowest BCUT2D eigenvalue weighted by molar-refractivity contribution is -0.109. The first-order chi connectivity index (χ1) is 5.25. The van der Waals surface area contributed by atoms with Crippen molar-refractivity contribution in [2.24, 2.45) is 0 Å². The highest BCUT2D eigenvalue weighted by molar-refractivity contribution is 6.19. The summed E-state index contributed by atoms with van der Waals surface area (Å²) >= 11 is 0. The van der Waals surface area contributed by atoms with E-state index in [4.69, 9.17) is 6.58 Å². The summed E-state index contributed by atoms with van der Waals surface area (Å²) < 4.78 is 1.43. The van der Waals surface area contributed by atoms with Crippen LogP contribution in [0.3, 0.4) is 0 Å². The molecule has 11 heavy (non-hydrogen) atoms. The van der Waals surface area contributed by atoms with Gasteiger partial charge in [0.2, 0.25) is 5.78 Å². The molecule has 0 saturated heterocycles. The maximum atomic E-state index is 10.9. The number of imidazole rings is 1. The molecule has 0 aromatic carbocycles. The largest absolute Gasteiger partial charge is 0.303 e. The second kappa shape index (κ2) is 2.96. The molecule has 0 N–H and O–H groups in total. The van der Waals surface area contributed by atoms with Crippen LogP contribution in [0.2, 0.25) is 0 Å². The van der Waals surface area contributed by atoms with E-state index >= 15 is 0 Å². The SMILES string of the molecule is [CH]=C(C(=O)C=C)n1ccnc1.